The van der Waals surface area contributed by atoms with E-state index in [9.17, 15) is 14.9 Å². The fourth-order valence-electron chi connectivity index (χ4n) is 2.25. The molecule has 0 aliphatic heterocycles. The first-order valence-electron chi connectivity index (χ1n) is 6.64. The van der Waals surface area contributed by atoms with Crippen LogP contribution in [0.15, 0.2) is 54.9 Å². The van der Waals surface area contributed by atoms with Crippen LogP contribution >= 0.6 is 11.6 Å². The molecule has 0 saturated heterocycles. The molecule has 1 amide bonds. The molecule has 7 heteroatoms. The molecule has 6 nitrogen and oxygen atoms in total. The van der Waals surface area contributed by atoms with Gasteiger partial charge in [-0.3, -0.25) is 19.9 Å². The first-order chi connectivity index (χ1) is 11.1. The second kappa shape index (κ2) is 6.02. The number of nitro benzene ring substituents is 1. The summed E-state index contributed by atoms with van der Waals surface area (Å²) in [4.78, 5) is 26.9. The van der Waals surface area contributed by atoms with Crippen LogP contribution in [0.5, 0.6) is 0 Å². The van der Waals surface area contributed by atoms with Crippen LogP contribution in [0.1, 0.15) is 10.4 Å². The largest absolute Gasteiger partial charge is 0.320 e. The molecule has 0 radical (unpaired) electrons. The quantitative estimate of drug-likeness (QED) is 0.581. The van der Waals surface area contributed by atoms with E-state index >= 15 is 0 Å². The number of fused-ring (bicyclic) bond motifs is 1. The Bertz CT molecular complexity index is 922. The normalized spacial score (nSPS) is 10.5. The van der Waals surface area contributed by atoms with Crippen molar-refractivity contribution >= 4 is 39.7 Å². The van der Waals surface area contributed by atoms with Gasteiger partial charge in [-0.25, -0.2) is 0 Å². The van der Waals surface area contributed by atoms with Gasteiger partial charge in [-0.15, -0.1) is 0 Å². The van der Waals surface area contributed by atoms with E-state index < -0.39 is 10.8 Å². The number of halogens is 1. The number of hydrogen-bond acceptors (Lipinski definition) is 4. The van der Waals surface area contributed by atoms with Crippen LogP contribution in [-0.2, 0) is 0 Å². The number of rotatable bonds is 3. The molecule has 3 rings (SSSR count). The summed E-state index contributed by atoms with van der Waals surface area (Å²) in [5.74, 6) is -0.591. The molecule has 0 unspecified atom stereocenters. The van der Waals surface area contributed by atoms with Gasteiger partial charge < -0.3 is 5.32 Å². The van der Waals surface area contributed by atoms with Crippen molar-refractivity contribution in [1.29, 1.82) is 0 Å². The predicted octanol–water partition coefficient (Wildman–Crippen LogP) is 4.05. The summed E-state index contributed by atoms with van der Waals surface area (Å²) in [5.41, 5.74) is 0.0767. The Morgan fingerprint density at radius 1 is 1.17 bits per heavy atom. The highest BCUT2D eigenvalue weighted by Gasteiger charge is 2.21. The number of benzene rings is 2. The number of anilines is 1. The lowest BCUT2D eigenvalue weighted by Gasteiger charge is -2.08. The van der Waals surface area contributed by atoms with E-state index in [1.54, 1.807) is 6.20 Å². The number of carbonyl (C=O) groups is 1. The van der Waals surface area contributed by atoms with Gasteiger partial charge in [0.1, 0.15) is 5.56 Å². The van der Waals surface area contributed by atoms with Gasteiger partial charge in [0, 0.05) is 28.1 Å². The SMILES string of the molecule is O=C(Nc1cncc2ccccc12)c1ccc(Cl)cc1[N+](=O)[O-]. The summed E-state index contributed by atoms with van der Waals surface area (Å²) in [6, 6.07) is 11.3. The van der Waals surface area contributed by atoms with Gasteiger partial charge in [0.15, 0.2) is 0 Å². The van der Waals surface area contributed by atoms with Crippen LogP contribution in [0, 0.1) is 10.1 Å². The highest BCUT2D eigenvalue weighted by Crippen LogP contribution is 2.26. The first kappa shape index (κ1) is 14.9. The van der Waals surface area contributed by atoms with Gasteiger partial charge >= 0.3 is 0 Å². The van der Waals surface area contributed by atoms with Gasteiger partial charge in [-0.1, -0.05) is 35.9 Å². The summed E-state index contributed by atoms with van der Waals surface area (Å²) in [5, 5.41) is 15.6. The average molecular weight is 328 g/mol. The van der Waals surface area contributed by atoms with Crippen molar-refractivity contribution < 1.29 is 9.72 Å². The number of carbonyl (C=O) groups excluding carboxylic acids is 1. The van der Waals surface area contributed by atoms with Crippen LogP contribution in [0.4, 0.5) is 11.4 Å². The third kappa shape index (κ3) is 2.97. The Hall–Kier alpha value is -2.99. The van der Waals surface area contributed by atoms with E-state index in [4.69, 9.17) is 11.6 Å². The fraction of sp³-hybridized carbons (Fsp3) is 0. The van der Waals surface area contributed by atoms with Crippen LogP contribution in [0.3, 0.4) is 0 Å². The number of nitrogens with one attached hydrogen (secondary N) is 1. The molecule has 0 aliphatic rings. The van der Waals surface area contributed by atoms with E-state index in [1.165, 1.54) is 18.3 Å². The van der Waals surface area contributed by atoms with Gasteiger partial charge in [0.05, 0.1) is 16.8 Å². The number of hydrogen-bond donors (Lipinski definition) is 1. The Balaban J connectivity index is 2.00. The minimum absolute atomic E-state index is 0.0627. The van der Waals surface area contributed by atoms with Crippen molar-refractivity contribution in [1.82, 2.24) is 4.98 Å². The standard InChI is InChI=1S/C16H10ClN3O3/c17-11-5-6-13(15(7-11)20(22)23)16(21)19-14-9-18-8-10-3-1-2-4-12(10)14/h1-9H,(H,19,21). The summed E-state index contributed by atoms with van der Waals surface area (Å²) in [6.45, 7) is 0. The number of amides is 1. The van der Waals surface area contributed by atoms with E-state index in [0.29, 0.717) is 5.69 Å². The molecule has 1 aromatic heterocycles. The lowest BCUT2D eigenvalue weighted by Crippen LogP contribution is -2.14. The summed E-state index contributed by atoms with van der Waals surface area (Å²) in [6.07, 6.45) is 3.18. The molecule has 114 valence electrons. The Kier molecular flexibility index (Phi) is 3.91. The lowest BCUT2D eigenvalue weighted by atomic mass is 10.1. The lowest BCUT2D eigenvalue weighted by molar-refractivity contribution is -0.385. The Morgan fingerprint density at radius 2 is 1.96 bits per heavy atom. The predicted molar refractivity (Wildman–Crippen MR) is 87.8 cm³/mol. The maximum Gasteiger partial charge on any atom is 0.283 e. The molecule has 1 N–H and O–H groups in total. The summed E-state index contributed by atoms with van der Waals surface area (Å²) in [7, 11) is 0. The maximum atomic E-state index is 12.4. The molecule has 23 heavy (non-hydrogen) atoms. The average Bonchev–Trinajstić information content (AvgIpc) is 2.55. The summed E-state index contributed by atoms with van der Waals surface area (Å²) < 4.78 is 0. The van der Waals surface area contributed by atoms with Crippen molar-refractivity contribution in [2.75, 3.05) is 5.32 Å². The maximum absolute atomic E-state index is 12.4. The Morgan fingerprint density at radius 3 is 2.74 bits per heavy atom. The molecular weight excluding hydrogens is 318 g/mol. The summed E-state index contributed by atoms with van der Waals surface area (Å²) >= 11 is 5.76. The number of nitrogens with zero attached hydrogens (tertiary/aromatic N) is 2. The number of nitro groups is 1. The zero-order valence-electron chi connectivity index (χ0n) is 11.7. The van der Waals surface area contributed by atoms with E-state index in [0.717, 1.165) is 16.8 Å². The Labute approximate surface area is 135 Å². The van der Waals surface area contributed by atoms with Crippen molar-refractivity contribution in [2.24, 2.45) is 0 Å². The van der Waals surface area contributed by atoms with Crippen molar-refractivity contribution in [3.63, 3.8) is 0 Å². The van der Waals surface area contributed by atoms with Gasteiger partial charge in [-0.05, 0) is 12.1 Å². The topological polar surface area (TPSA) is 85.1 Å². The van der Waals surface area contributed by atoms with Gasteiger partial charge in [0.25, 0.3) is 11.6 Å². The number of aromatic nitrogens is 1. The van der Waals surface area contributed by atoms with Gasteiger partial charge in [-0.2, -0.15) is 0 Å². The van der Waals surface area contributed by atoms with E-state index in [2.05, 4.69) is 10.3 Å². The molecule has 2 aromatic carbocycles. The highest BCUT2D eigenvalue weighted by molar-refractivity contribution is 6.31. The monoisotopic (exact) mass is 327 g/mol. The van der Waals surface area contributed by atoms with Crippen LogP contribution < -0.4 is 5.32 Å². The molecule has 1 heterocycles. The molecule has 0 aliphatic carbocycles. The fourth-order valence-corrected chi connectivity index (χ4v) is 2.42. The smallest absolute Gasteiger partial charge is 0.283 e. The van der Waals surface area contributed by atoms with Crippen molar-refractivity contribution in [3.8, 4) is 0 Å². The van der Waals surface area contributed by atoms with E-state index in [-0.39, 0.29) is 16.3 Å². The minimum Gasteiger partial charge on any atom is -0.320 e. The molecule has 0 bridgehead atoms. The number of pyridine rings is 1. The molecular formula is C16H10ClN3O3. The zero-order chi connectivity index (χ0) is 16.4. The van der Waals surface area contributed by atoms with E-state index in [1.807, 2.05) is 24.3 Å². The van der Waals surface area contributed by atoms with Gasteiger partial charge in [0.2, 0.25) is 0 Å². The second-order valence-electron chi connectivity index (χ2n) is 4.78. The van der Waals surface area contributed by atoms with Crippen molar-refractivity contribution in [3.05, 3.63) is 75.6 Å². The van der Waals surface area contributed by atoms with Crippen molar-refractivity contribution in [2.45, 2.75) is 0 Å². The first-order valence-corrected chi connectivity index (χ1v) is 7.02. The second-order valence-corrected chi connectivity index (χ2v) is 5.22. The molecule has 3 aromatic rings. The third-order valence-corrected chi connectivity index (χ3v) is 3.55. The van der Waals surface area contributed by atoms with Crippen LogP contribution in [0.25, 0.3) is 10.8 Å². The minimum atomic E-state index is -0.637. The van der Waals surface area contributed by atoms with Crippen LogP contribution in [0.2, 0.25) is 5.02 Å². The highest BCUT2D eigenvalue weighted by atomic mass is 35.5. The third-order valence-electron chi connectivity index (χ3n) is 3.32. The zero-order valence-corrected chi connectivity index (χ0v) is 12.4. The molecule has 0 atom stereocenters. The molecule has 0 saturated carbocycles. The molecule has 0 fully saturated rings. The van der Waals surface area contributed by atoms with Crippen LogP contribution in [-0.4, -0.2) is 15.8 Å². The molecule has 0 spiro atoms.